The molecule has 0 heterocycles. The average Bonchev–Trinajstić information content (AvgIpc) is 2.42. The second-order valence-electron chi connectivity index (χ2n) is 9.15. The second-order valence-corrected chi connectivity index (χ2v) is 14.4. The Bertz CT molecular complexity index is 457. The van der Waals surface area contributed by atoms with Crippen LogP contribution in [0, 0.1) is 0 Å². The fraction of sp³-hybridized carbons (Fsp3) is 0.857. The van der Waals surface area contributed by atoms with Crippen molar-refractivity contribution in [1.29, 1.82) is 0 Å². The van der Waals surface area contributed by atoms with Crippen LogP contribution in [0.15, 0.2) is 15.0 Å². The molecule has 0 aliphatic heterocycles. The molecular weight excluding hydrogens is 406 g/mol. The Hall–Kier alpha value is -0.954. The van der Waals surface area contributed by atoms with Gasteiger partial charge in [-0.1, -0.05) is 0 Å². The van der Waals surface area contributed by atoms with Crippen molar-refractivity contribution < 1.29 is 0 Å². The Morgan fingerprint density at radius 2 is 0.679 bits per heavy atom. The summed E-state index contributed by atoms with van der Waals surface area (Å²) < 4.78 is 3.29. The van der Waals surface area contributed by atoms with Crippen LogP contribution in [-0.2, 0) is 0 Å². The zero-order valence-corrected chi connectivity index (χ0v) is 22.8. The molecule has 0 saturated carbocycles. The van der Waals surface area contributed by atoms with Gasteiger partial charge in [-0.3, -0.25) is 0 Å². The standard InChI is InChI=1S/3C7H15N2.Ga/c3*1-6(2)8-5-9-7(3)4;/h3*6-7H,1-4H3,(H,8,9);. The average molecular weight is 451 g/mol. The van der Waals surface area contributed by atoms with Crippen molar-refractivity contribution in [3.05, 3.63) is 0 Å². The van der Waals surface area contributed by atoms with E-state index in [4.69, 9.17) is 15.0 Å². The number of nitrogens with one attached hydrogen (secondary N) is 3. The third-order valence-electron chi connectivity index (χ3n) is 3.32. The summed E-state index contributed by atoms with van der Waals surface area (Å²) in [5.74, 6) is 0. The van der Waals surface area contributed by atoms with Crippen LogP contribution in [-0.4, -0.2) is 65.6 Å². The van der Waals surface area contributed by atoms with Gasteiger partial charge in [-0.2, -0.15) is 0 Å². The topological polar surface area (TPSA) is 73.2 Å². The van der Waals surface area contributed by atoms with Gasteiger partial charge in [0.1, 0.15) is 0 Å². The first-order valence-corrected chi connectivity index (χ1v) is 14.5. The molecule has 0 aliphatic carbocycles. The third-order valence-corrected chi connectivity index (χ3v) is 8.75. The van der Waals surface area contributed by atoms with Gasteiger partial charge in [0.05, 0.1) is 0 Å². The summed E-state index contributed by atoms with van der Waals surface area (Å²) in [6.07, 6.45) is 0. The van der Waals surface area contributed by atoms with Gasteiger partial charge < -0.3 is 0 Å². The number of hydrogen-bond acceptors (Lipinski definition) is 3. The zero-order chi connectivity index (χ0) is 22.0. The van der Waals surface area contributed by atoms with Gasteiger partial charge in [0.2, 0.25) is 0 Å². The van der Waals surface area contributed by atoms with E-state index in [9.17, 15) is 0 Å². The number of aliphatic imine (C=N–C) groups is 3. The molecule has 0 aromatic heterocycles. The Morgan fingerprint density at radius 3 is 0.821 bits per heavy atom. The van der Waals surface area contributed by atoms with Crippen LogP contribution < -0.4 is 16.0 Å². The maximum atomic E-state index is 5.04. The van der Waals surface area contributed by atoms with Crippen LogP contribution in [0.5, 0.6) is 0 Å². The van der Waals surface area contributed by atoms with Gasteiger partial charge in [0, 0.05) is 0 Å². The summed E-state index contributed by atoms with van der Waals surface area (Å²) in [7, 11) is 0. The van der Waals surface area contributed by atoms with E-state index in [1.807, 2.05) is 0 Å². The van der Waals surface area contributed by atoms with E-state index in [1.54, 1.807) is 0 Å². The summed E-state index contributed by atoms with van der Waals surface area (Å²) in [6, 6.07) is 1.58. The van der Waals surface area contributed by atoms with Crippen LogP contribution in [0.2, 0.25) is 0 Å². The predicted octanol–water partition coefficient (Wildman–Crippen LogP) is 3.51. The molecule has 0 rings (SSSR count). The van der Waals surface area contributed by atoms with Crippen molar-refractivity contribution >= 4 is 29.4 Å². The van der Waals surface area contributed by atoms with E-state index in [0.29, 0.717) is 18.1 Å². The molecule has 0 bridgehead atoms. The first-order chi connectivity index (χ1) is 12.8. The van der Waals surface area contributed by atoms with E-state index in [0.717, 1.165) is 13.2 Å². The van der Waals surface area contributed by atoms with Crippen LogP contribution >= 0.6 is 0 Å². The van der Waals surface area contributed by atoms with Crippen molar-refractivity contribution in [2.24, 2.45) is 15.0 Å². The summed E-state index contributed by atoms with van der Waals surface area (Å²) >= 11 is -2.63. The molecule has 162 valence electrons. The predicted molar refractivity (Wildman–Crippen MR) is 128 cm³/mol. The maximum absolute atomic E-state index is 5.04. The van der Waals surface area contributed by atoms with Crippen LogP contribution in [0.3, 0.4) is 0 Å². The molecule has 0 saturated heterocycles. The number of amidine groups is 3. The van der Waals surface area contributed by atoms with E-state index >= 15 is 0 Å². The first-order valence-electron chi connectivity index (χ1n) is 10.9. The third kappa shape index (κ3) is 11.8. The number of hydrogen-bond donors (Lipinski definition) is 3. The van der Waals surface area contributed by atoms with Crippen LogP contribution in [0.4, 0.5) is 0 Å². The molecule has 7 heteroatoms. The van der Waals surface area contributed by atoms with Crippen molar-refractivity contribution in [2.45, 2.75) is 119 Å². The second kappa shape index (κ2) is 13.3. The molecule has 0 aliphatic rings. The van der Waals surface area contributed by atoms with Gasteiger partial charge in [-0.25, -0.2) is 0 Å². The SMILES string of the molecule is CC(C)N=[C](NC(C)C)[Ga]([C](=NC(C)C)NC(C)C)[C](=NC(C)C)NC(C)C. The minimum absolute atomic E-state index is 0.216. The van der Waals surface area contributed by atoms with Gasteiger partial charge in [-0.15, -0.1) is 0 Å². The Balaban J connectivity index is 6.66. The summed E-state index contributed by atoms with van der Waals surface area (Å²) in [5, 5.41) is 11.0. The molecule has 0 amide bonds. The summed E-state index contributed by atoms with van der Waals surface area (Å²) in [4.78, 5) is 15.1. The minimum atomic E-state index is -2.63. The Morgan fingerprint density at radius 1 is 0.464 bits per heavy atom. The Kier molecular flexibility index (Phi) is 12.8. The van der Waals surface area contributed by atoms with Gasteiger partial charge in [-0.05, 0) is 0 Å². The monoisotopic (exact) mass is 450 g/mol. The molecular formula is C21H45GaN6. The van der Waals surface area contributed by atoms with Gasteiger partial charge >= 0.3 is 180 Å². The zero-order valence-electron chi connectivity index (χ0n) is 20.4. The molecule has 6 nitrogen and oxygen atoms in total. The van der Waals surface area contributed by atoms with E-state index < -0.39 is 16.2 Å². The Labute approximate surface area is 179 Å². The van der Waals surface area contributed by atoms with Gasteiger partial charge in [0.15, 0.2) is 0 Å². The molecule has 0 unspecified atom stereocenters. The quantitative estimate of drug-likeness (QED) is 0.286. The normalized spacial score (nSPS) is 14.1. The fourth-order valence-electron chi connectivity index (χ4n) is 2.70. The molecule has 3 N–H and O–H groups in total. The molecule has 0 atom stereocenters. The van der Waals surface area contributed by atoms with Crippen LogP contribution in [0.25, 0.3) is 0 Å². The summed E-state index contributed by atoms with van der Waals surface area (Å²) in [6.45, 7) is 25.8. The van der Waals surface area contributed by atoms with E-state index in [-0.39, 0.29) is 18.1 Å². The molecule has 28 heavy (non-hydrogen) atoms. The molecule has 0 spiro atoms. The summed E-state index contributed by atoms with van der Waals surface area (Å²) in [5.41, 5.74) is 0. The van der Waals surface area contributed by atoms with Crippen LogP contribution in [0.1, 0.15) is 83.1 Å². The number of rotatable bonds is 9. The van der Waals surface area contributed by atoms with E-state index in [1.165, 1.54) is 0 Å². The molecule has 0 fully saturated rings. The molecule has 0 aromatic carbocycles. The van der Waals surface area contributed by atoms with Crippen molar-refractivity contribution in [1.82, 2.24) is 16.0 Å². The van der Waals surface area contributed by atoms with Crippen molar-refractivity contribution in [3.8, 4) is 0 Å². The fourth-order valence-corrected chi connectivity index (χ4v) is 10.3. The molecule has 0 radical (unpaired) electrons. The van der Waals surface area contributed by atoms with Crippen molar-refractivity contribution in [2.75, 3.05) is 0 Å². The first kappa shape index (κ1) is 27.0. The number of nitrogens with zero attached hydrogens (tertiary/aromatic N) is 3. The van der Waals surface area contributed by atoms with Crippen molar-refractivity contribution in [3.63, 3.8) is 0 Å². The molecule has 0 aromatic rings. The van der Waals surface area contributed by atoms with E-state index in [2.05, 4.69) is 99.0 Å². The van der Waals surface area contributed by atoms with Gasteiger partial charge in [0.25, 0.3) is 0 Å².